The number of unbranched alkanes of at least 4 members (excludes halogenated alkanes) is 5. The molecule has 0 aromatic heterocycles. The molecule has 0 bridgehead atoms. The second-order valence-electron chi connectivity index (χ2n) is 5.93. The average Bonchev–Trinajstić information content (AvgIpc) is 2.47. The van der Waals surface area contributed by atoms with Gasteiger partial charge >= 0.3 is 11.9 Å². The standard InChI is InChI=1S/C18H34O4/c1-4-6-8-13-17(19)21-15-11-10-12-16(3)22-18(20)14-9-7-5-2/h16H,4-15H2,1-3H3. The van der Waals surface area contributed by atoms with E-state index in [1.54, 1.807) is 0 Å². The first-order valence-corrected chi connectivity index (χ1v) is 8.95. The van der Waals surface area contributed by atoms with Crippen molar-refractivity contribution >= 4 is 11.9 Å². The number of ether oxygens (including phenoxy) is 2. The minimum absolute atomic E-state index is 0.0469. The van der Waals surface area contributed by atoms with Crippen LogP contribution < -0.4 is 0 Å². The zero-order valence-electron chi connectivity index (χ0n) is 14.7. The molecule has 0 saturated carbocycles. The van der Waals surface area contributed by atoms with Crippen LogP contribution in [0.15, 0.2) is 0 Å². The van der Waals surface area contributed by atoms with Crippen LogP contribution in [-0.4, -0.2) is 24.6 Å². The molecule has 0 aromatic carbocycles. The molecule has 130 valence electrons. The first kappa shape index (κ1) is 20.9. The summed E-state index contributed by atoms with van der Waals surface area (Å²) in [5, 5.41) is 0. The van der Waals surface area contributed by atoms with E-state index in [0.717, 1.165) is 57.8 Å². The summed E-state index contributed by atoms with van der Waals surface area (Å²) in [7, 11) is 0. The Kier molecular flexibility index (Phi) is 14.1. The van der Waals surface area contributed by atoms with Crippen LogP contribution in [0, 0.1) is 0 Å². The fourth-order valence-electron chi connectivity index (χ4n) is 2.17. The molecule has 0 aliphatic heterocycles. The summed E-state index contributed by atoms with van der Waals surface area (Å²) >= 11 is 0. The van der Waals surface area contributed by atoms with E-state index in [2.05, 4.69) is 13.8 Å². The van der Waals surface area contributed by atoms with Crippen molar-refractivity contribution in [3.8, 4) is 0 Å². The number of hydrogen-bond acceptors (Lipinski definition) is 4. The molecule has 22 heavy (non-hydrogen) atoms. The predicted octanol–water partition coefficient (Wildman–Crippen LogP) is 4.79. The van der Waals surface area contributed by atoms with E-state index in [1.807, 2.05) is 6.92 Å². The zero-order valence-corrected chi connectivity index (χ0v) is 14.7. The SMILES string of the molecule is CCCCCC(=O)OCCCCC(C)OC(=O)CCCCC. The fraction of sp³-hybridized carbons (Fsp3) is 0.889. The predicted molar refractivity (Wildman–Crippen MR) is 88.6 cm³/mol. The molecule has 4 nitrogen and oxygen atoms in total. The Bertz CT molecular complexity index is 289. The summed E-state index contributed by atoms with van der Waals surface area (Å²) in [6.07, 6.45) is 9.78. The van der Waals surface area contributed by atoms with Gasteiger partial charge in [0.2, 0.25) is 0 Å². The summed E-state index contributed by atoms with van der Waals surface area (Å²) in [4.78, 5) is 22.9. The van der Waals surface area contributed by atoms with Crippen molar-refractivity contribution < 1.29 is 19.1 Å². The highest BCUT2D eigenvalue weighted by atomic mass is 16.5. The Morgan fingerprint density at radius 2 is 1.41 bits per heavy atom. The van der Waals surface area contributed by atoms with Crippen LogP contribution in [0.1, 0.15) is 91.4 Å². The highest BCUT2D eigenvalue weighted by molar-refractivity contribution is 5.69. The van der Waals surface area contributed by atoms with Crippen molar-refractivity contribution in [2.24, 2.45) is 0 Å². The lowest BCUT2D eigenvalue weighted by atomic mass is 10.1. The number of hydrogen-bond donors (Lipinski definition) is 0. The third-order valence-corrected chi connectivity index (χ3v) is 3.57. The molecule has 0 saturated heterocycles. The van der Waals surface area contributed by atoms with Crippen molar-refractivity contribution in [3.05, 3.63) is 0 Å². The van der Waals surface area contributed by atoms with Crippen LogP contribution >= 0.6 is 0 Å². The molecule has 0 spiro atoms. The van der Waals surface area contributed by atoms with Gasteiger partial charge in [0.1, 0.15) is 0 Å². The number of rotatable bonds is 14. The molecule has 0 fully saturated rings. The molecular formula is C18H34O4. The largest absolute Gasteiger partial charge is 0.466 e. The Balaban J connectivity index is 3.46. The molecule has 0 radical (unpaired) electrons. The van der Waals surface area contributed by atoms with Gasteiger partial charge in [-0.15, -0.1) is 0 Å². The Labute approximate surface area is 135 Å². The fourth-order valence-corrected chi connectivity index (χ4v) is 2.17. The first-order chi connectivity index (χ1) is 10.6. The van der Waals surface area contributed by atoms with Gasteiger partial charge in [0.05, 0.1) is 12.7 Å². The second-order valence-corrected chi connectivity index (χ2v) is 5.93. The lowest BCUT2D eigenvalue weighted by Crippen LogP contribution is -2.15. The molecule has 0 amide bonds. The highest BCUT2D eigenvalue weighted by Gasteiger charge is 2.09. The van der Waals surface area contributed by atoms with E-state index in [9.17, 15) is 9.59 Å². The Hall–Kier alpha value is -1.06. The van der Waals surface area contributed by atoms with Gasteiger partial charge in [0.15, 0.2) is 0 Å². The van der Waals surface area contributed by atoms with Crippen LogP contribution in [0.4, 0.5) is 0 Å². The quantitative estimate of drug-likeness (QED) is 0.341. The number of carbonyl (C=O) groups excluding carboxylic acids is 2. The van der Waals surface area contributed by atoms with Gasteiger partial charge < -0.3 is 9.47 Å². The van der Waals surface area contributed by atoms with Crippen molar-refractivity contribution in [1.29, 1.82) is 0 Å². The van der Waals surface area contributed by atoms with Crippen LogP contribution in [0.25, 0.3) is 0 Å². The maximum atomic E-state index is 11.5. The monoisotopic (exact) mass is 314 g/mol. The Morgan fingerprint density at radius 1 is 0.818 bits per heavy atom. The second kappa shape index (κ2) is 14.9. The van der Waals surface area contributed by atoms with Crippen LogP contribution in [-0.2, 0) is 19.1 Å². The maximum absolute atomic E-state index is 11.5. The van der Waals surface area contributed by atoms with Gasteiger partial charge in [-0.1, -0.05) is 39.5 Å². The summed E-state index contributed by atoms with van der Waals surface area (Å²) < 4.78 is 10.5. The van der Waals surface area contributed by atoms with Crippen molar-refractivity contribution in [2.75, 3.05) is 6.61 Å². The van der Waals surface area contributed by atoms with E-state index in [1.165, 1.54) is 0 Å². The van der Waals surface area contributed by atoms with E-state index < -0.39 is 0 Å². The van der Waals surface area contributed by atoms with E-state index in [4.69, 9.17) is 9.47 Å². The molecule has 0 aromatic rings. The molecule has 4 heteroatoms. The van der Waals surface area contributed by atoms with E-state index in [-0.39, 0.29) is 18.0 Å². The summed E-state index contributed by atoms with van der Waals surface area (Å²) in [5.74, 6) is -0.188. The molecule has 0 rings (SSSR count). The average molecular weight is 314 g/mol. The molecule has 0 aliphatic carbocycles. The zero-order chi connectivity index (χ0) is 16.6. The molecule has 0 aliphatic rings. The van der Waals surface area contributed by atoms with Crippen LogP contribution in [0.2, 0.25) is 0 Å². The third-order valence-electron chi connectivity index (χ3n) is 3.57. The van der Waals surface area contributed by atoms with Crippen molar-refractivity contribution in [2.45, 2.75) is 97.5 Å². The van der Waals surface area contributed by atoms with Gasteiger partial charge in [-0.2, -0.15) is 0 Å². The molecule has 1 unspecified atom stereocenters. The number of carbonyl (C=O) groups is 2. The van der Waals surface area contributed by atoms with Gasteiger partial charge in [-0.05, 0) is 39.0 Å². The topological polar surface area (TPSA) is 52.6 Å². The van der Waals surface area contributed by atoms with Gasteiger partial charge in [-0.25, -0.2) is 0 Å². The van der Waals surface area contributed by atoms with Gasteiger partial charge in [0, 0.05) is 12.8 Å². The highest BCUT2D eigenvalue weighted by Crippen LogP contribution is 2.08. The third kappa shape index (κ3) is 13.9. The van der Waals surface area contributed by atoms with Gasteiger partial charge in [-0.3, -0.25) is 9.59 Å². The minimum Gasteiger partial charge on any atom is -0.466 e. The maximum Gasteiger partial charge on any atom is 0.306 e. The van der Waals surface area contributed by atoms with E-state index >= 15 is 0 Å². The molecule has 0 heterocycles. The lowest BCUT2D eigenvalue weighted by Gasteiger charge is -2.13. The summed E-state index contributed by atoms with van der Waals surface area (Å²) in [6, 6.07) is 0. The van der Waals surface area contributed by atoms with Crippen LogP contribution in [0.5, 0.6) is 0 Å². The minimum atomic E-state index is -0.0942. The molecular weight excluding hydrogens is 280 g/mol. The molecule has 0 N–H and O–H groups in total. The van der Waals surface area contributed by atoms with E-state index in [0.29, 0.717) is 19.4 Å². The van der Waals surface area contributed by atoms with Crippen LogP contribution in [0.3, 0.4) is 0 Å². The normalized spacial score (nSPS) is 12.0. The summed E-state index contributed by atoms with van der Waals surface area (Å²) in [6.45, 7) is 6.63. The van der Waals surface area contributed by atoms with Crippen molar-refractivity contribution in [1.82, 2.24) is 0 Å². The first-order valence-electron chi connectivity index (χ1n) is 8.95. The smallest absolute Gasteiger partial charge is 0.306 e. The number of esters is 2. The molecule has 1 atom stereocenters. The Morgan fingerprint density at radius 3 is 2.00 bits per heavy atom. The van der Waals surface area contributed by atoms with Gasteiger partial charge in [0.25, 0.3) is 0 Å². The summed E-state index contributed by atoms with van der Waals surface area (Å²) in [5.41, 5.74) is 0. The lowest BCUT2D eigenvalue weighted by molar-refractivity contribution is -0.148. The van der Waals surface area contributed by atoms with Crippen molar-refractivity contribution in [3.63, 3.8) is 0 Å².